The lowest BCUT2D eigenvalue weighted by Gasteiger charge is -2.21. The van der Waals surface area contributed by atoms with E-state index in [9.17, 15) is 4.79 Å². The molecule has 3 nitrogen and oxygen atoms in total. The van der Waals surface area contributed by atoms with Crippen LogP contribution in [0.5, 0.6) is 5.75 Å². The molecule has 0 saturated heterocycles. The first kappa shape index (κ1) is 17.3. The molecule has 0 spiro atoms. The van der Waals surface area contributed by atoms with Gasteiger partial charge in [-0.2, -0.15) is 0 Å². The number of carbonyl (C=O) groups excluding carboxylic acids is 1. The molecule has 1 N–H and O–H groups in total. The second kappa shape index (κ2) is 9.07. The molecular formula is C22H25NO2. The Morgan fingerprint density at radius 3 is 2.44 bits per heavy atom. The largest absolute Gasteiger partial charge is 0.489 e. The summed E-state index contributed by atoms with van der Waals surface area (Å²) in [6.45, 7) is 0.555. The Bertz CT molecular complexity index is 686. The zero-order valence-corrected chi connectivity index (χ0v) is 14.5. The van der Waals surface area contributed by atoms with Crippen molar-refractivity contribution < 1.29 is 9.53 Å². The average molecular weight is 335 g/mol. The highest BCUT2D eigenvalue weighted by molar-refractivity contribution is 5.91. The van der Waals surface area contributed by atoms with Crippen LogP contribution in [-0.4, -0.2) is 11.9 Å². The summed E-state index contributed by atoms with van der Waals surface area (Å²) in [6, 6.07) is 18.2. The van der Waals surface area contributed by atoms with Crippen molar-refractivity contribution in [3.8, 4) is 5.75 Å². The Hall–Kier alpha value is -2.55. The van der Waals surface area contributed by atoms with Gasteiger partial charge in [0.1, 0.15) is 12.4 Å². The molecule has 3 heteroatoms. The van der Waals surface area contributed by atoms with Gasteiger partial charge in [0.2, 0.25) is 5.91 Å². The molecule has 130 valence electrons. The van der Waals surface area contributed by atoms with E-state index < -0.39 is 0 Å². The van der Waals surface area contributed by atoms with Crippen molar-refractivity contribution in [2.24, 2.45) is 0 Å². The van der Waals surface area contributed by atoms with Gasteiger partial charge in [0.05, 0.1) is 0 Å². The van der Waals surface area contributed by atoms with E-state index in [1.165, 1.54) is 19.3 Å². The van der Waals surface area contributed by atoms with Crippen molar-refractivity contribution >= 4 is 12.0 Å². The number of benzene rings is 2. The van der Waals surface area contributed by atoms with E-state index in [4.69, 9.17) is 4.74 Å². The molecule has 0 heterocycles. The number of carbonyl (C=O) groups is 1. The topological polar surface area (TPSA) is 38.3 Å². The molecule has 0 bridgehead atoms. The highest BCUT2D eigenvalue weighted by Gasteiger charge is 2.13. The van der Waals surface area contributed by atoms with Crippen LogP contribution >= 0.6 is 0 Å². The molecule has 0 unspecified atom stereocenters. The summed E-state index contributed by atoms with van der Waals surface area (Å²) in [5, 5.41) is 3.09. The fourth-order valence-electron chi connectivity index (χ4n) is 3.08. The van der Waals surface area contributed by atoms with Gasteiger partial charge in [-0.1, -0.05) is 61.7 Å². The second-order valence-corrected chi connectivity index (χ2v) is 6.52. The van der Waals surface area contributed by atoms with Gasteiger partial charge in [-0.05, 0) is 42.2 Å². The second-order valence-electron chi connectivity index (χ2n) is 6.52. The lowest BCUT2D eigenvalue weighted by molar-refractivity contribution is -0.117. The molecule has 0 radical (unpaired) electrons. The molecule has 0 atom stereocenters. The van der Waals surface area contributed by atoms with Crippen LogP contribution in [0.3, 0.4) is 0 Å². The molecule has 25 heavy (non-hydrogen) atoms. The Morgan fingerprint density at radius 2 is 1.72 bits per heavy atom. The Morgan fingerprint density at radius 1 is 1.00 bits per heavy atom. The molecular weight excluding hydrogens is 310 g/mol. The highest BCUT2D eigenvalue weighted by Crippen LogP contribution is 2.18. The molecule has 3 rings (SSSR count). The van der Waals surface area contributed by atoms with Gasteiger partial charge in [-0.15, -0.1) is 0 Å². The molecule has 0 aromatic heterocycles. The number of ether oxygens (including phenoxy) is 1. The third kappa shape index (κ3) is 5.79. The summed E-state index contributed by atoms with van der Waals surface area (Å²) in [7, 11) is 0. The van der Waals surface area contributed by atoms with Gasteiger partial charge < -0.3 is 10.1 Å². The third-order valence-electron chi connectivity index (χ3n) is 4.51. The fraction of sp³-hybridized carbons (Fsp3) is 0.318. The predicted octanol–water partition coefficient (Wildman–Crippen LogP) is 4.73. The van der Waals surface area contributed by atoms with Crippen LogP contribution in [-0.2, 0) is 11.4 Å². The lowest BCUT2D eigenvalue weighted by Crippen LogP contribution is -2.34. The Kier molecular flexibility index (Phi) is 6.27. The van der Waals surface area contributed by atoms with Gasteiger partial charge in [-0.3, -0.25) is 4.79 Å². The molecule has 2 aromatic carbocycles. The van der Waals surface area contributed by atoms with Crippen molar-refractivity contribution in [2.75, 3.05) is 0 Å². The summed E-state index contributed by atoms with van der Waals surface area (Å²) < 4.78 is 5.77. The number of hydrogen-bond acceptors (Lipinski definition) is 2. The highest BCUT2D eigenvalue weighted by atomic mass is 16.5. The number of hydrogen-bond donors (Lipinski definition) is 1. The van der Waals surface area contributed by atoms with Crippen LogP contribution in [0.1, 0.15) is 43.2 Å². The van der Waals surface area contributed by atoms with E-state index >= 15 is 0 Å². The van der Waals surface area contributed by atoms with E-state index in [-0.39, 0.29) is 5.91 Å². The van der Waals surface area contributed by atoms with Crippen LogP contribution in [0.4, 0.5) is 0 Å². The van der Waals surface area contributed by atoms with Crippen molar-refractivity contribution in [3.63, 3.8) is 0 Å². The van der Waals surface area contributed by atoms with Crippen molar-refractivity contribution in [3.05, 3.63) is 71.8 Å². The van der Waals surface area contributed by atoms with Gasteiger partial charge >= 0.3 is 0 Å². The van der Waals surface area contributed by atoms with Crippen LogP contribution in [0.25, 0.3) is 6.08 Å². The first-order chi connectivity index (χ1) is 12.3. The SMILES string of the molecule is O=C(C=Cc1ccc(OCc2ccccc2)cc1)NC1CCCCC1. The van der Waals surface area contributed by atoms with Gasteiger partial charge in [0, 0.05) is 12.1 Å². The number of nitrogens with one attached hydrogen (secondary N) is 1. The van der Waals surface area contributed by atoms with Crippen LogP contribution in [0.15, 0.2) is 60.7 Å². The quantitative estimate of drug-likeness (QED) is 0.775. The molecule has 1 aliphatic rings. The minimum Gasteiger partial charge on any atom is -0.489 e. The van der Waals surface area contributed by atoms with Crippen LogP contribution in [0, 0.1) is 0 Å². The minimum absolute atomic E-state index is 0.00342. The molecule has 1 aliphatic carbocycles. The fourth-order valence-corrected chi connectivity index (χ4v) is 3.08. The minimum atomic E-state index is -0.00342. The van der Waals surface area contributed by atoms with Crippen molar-refractivity contribution in [1.29, 1.82) is 0 Å². The molecule has 1 fully saturated rings. The predicted molar refractivity (Wildman–Crippen MR) is 101 cm³/mol. The summed E-state index contributed by atoms with van der Waals surface area (Å²) >= 11 is 0. The maximum atomic E-state index is 12.0. The van der Waals surface area contributed by atoms with Crippen LogP contribution < -0.4 is 10.1 Å². The van der Waals surface area contributed by atoms with Crippen LogP contribution in [0.2, 0.25) is 0 Å². The van der Waals surface area contributed by atoms with Gasteiger partial charge in [-0.25, -0.2) is 0 Å². The summed E-state index contributed by atoms with van der Waals surface area (Å²) in [6.07, 6.45) is 9.41. The van der Waals surface area contributed by atoms with Gasteiger partial charge in [0.15, 0.2) is 0 Å². The van der Waals surface area contributed by atoms with Gasteiger partial charge in [0.25, 0.3) is 0 Å². The maximum Gasteiger partial charge on any atom is 0.244 e. The maximum absolute atomic E-state index is 12.0. The van der Waals surface area contributed by atoms with E-state index in [1.807, 2.05) is 60.7 Å². The van der Waals surface area contributed by atoms with Crippen molar-refractivity contribution in [2.45, 2.75) is 44.8 Å². The molecule has 2 aromatic rings. The monoisotopic (exact) mass is 335 g/mol. The average Bonchev–Trinajstić information content (AvgIpc) is 2.67. The summed E-state index contributed by atoms with van der Waals surface area (Å²) in [5.41, 5.74) is 2.14. The van der Waals surface area contributed by atoms with Crippen molar-refractivity contribution in [1.82, 2.24) is 5.32 Å². The molecule has 1 amide bonds. The van der Waals surface area contributed by atoms with E-state index in [0.29, 0.717) is 12.6 Å². The zero-order chi connectivity index (χ0) is 17.3. The third-order valence-corrected chi connectivity index (χ3v) is 4.51. The first-order valence-corrected chi connectivity index (χ1v) is 9.05. The Balaban J connectivity index is 1.47. The summed E-state index contributed by atoms with van der Waals surface area (Å²) in [4.78, 5) is 12.0. The Labute approximate surface area is 149 Å². The molecule has 1 saturated carbocycles. The first-order valence-electron chi connectivity index (χ1n) is 9.05. The molecule has 0 aliphatic heterocycles. The smallest absolute Gasteiger partial charge is 0.244 e. The normalized spacial score (nSPS) is 15.2. The zero-order valence-electron chi connectivity index (χ0n) is 14.5. The number of amides is 1. The standard InChI is InChI=1S/C22H25NO2/c24-22(23-20-9-5-2-6-10-20)16-13-18-11-14-21(15-12-18)25-17-19-7-3-1-4-8-19/h1,3-4,7-8,11-16,20H,2,5-6,9-10,17H2,(H,23,24). The summed E-state index contributed by atoms with van der Waals surface area (Å²) in [5.74, 6) is 0.823. The van der Waals surface area contributed by atoms with E-state index in [2.05, 4.69) is 5.32 Å². The van der Waals surface area contributed by atoms with E-state index in [1.54, 1.807) is 6.08 Å². The lowest BCUT2D eigenvalue weighted by atomic mass is 9.95. The van der Waals surface area contributed by atoms with E-state index in [0.717, 1.165) is 29.7 Å². The number of rotatable bonds is 6.